The number of halogens is 2. The lowest BCUT2D eigenvalue weighted by molar-refractivity contribution is -0.00000645. The third-order valence-electron chi connectivity index (χ3n) is 6.05. The SMILES string of the molecule is CN(C)c1ccc([P+](CCCI)(c2ccc(N(C)C)cc2)c2ccc(N(C)C)cc2)cc1.[I-]. The van der Waals surface area contributed by atoms with E-state index in [-0.39, 0.29) is 24.0 Å². The minimum absolute atomic E-state index is 0. The molecule has 0 heterocycles. The van der Waals surface area contributed by atoms with Crippen LogP contribution < -0.4 is 54.6 Å². The summed E-state index contributed by atoms with van der Waals surface area (Å²) in [6.45, 7) is 0. The first-order valence-electron chi connectivity index (χ1n) is 11.1. The van der Waals surface area contributed by atoms with Crippen LogP contribution in [0, 0.1) is 0 Å². The Kier molecular flexibility index (Phi) is 10.8. The zero-order valence-electron chi connectivity index (χ0n) is 20.6. The summed E-state index contributed by atoms with van der Waals surface area (Å²) in [5.41, 5.74) is 3.73. The molecule has 0 aromatic heterocycles. The molecule has 0 spiro atoms. The summed E-state index contributed by atoms with van der Waals surface area (Å²) in [6.07, 6.45) is 2.38. The summed E-state index contributed by atoms with van der Waals surface area (Å²) >= 11 is 2.53. The molecular weight excluding hydrogens is 651 g/mol. The van der Waals surface area contributed by atoms with Gasteiger partial charge in [-0.3, -0.25) is 0 Å². The molecule has 3 rings (SSSR count). The number of hydrogen-bond donors (Lipinski definition) is 0. The molecule has 0 saturated heterocycles. The van der Waals surface area contributed by atoms with Crippen molar-refractivity contribution in [2.75, 3.05) is 67.6 Å². The molecule has 0 atom stereocenters. The van der Waals surface area contributed by atoms with Gasteiger partial charge in [0.2, 0.25) is 0 Å². The highest BCUT2D eigenvalue weighted by atomic mass is 127. The summed E-state index contributed by atoms with van der Waals surface area (Å²) in [7, 11) is 10.8. The van der Waals surface area contributed by atoms with E-state index in [2.05, 4.69) is 152 Å². The lowest BCUT2D eigenvalue weighted by Crippen LogP contribution is -3.00. The first-order chi connectivity index (χ1) is 15.3. The predicted octanol–water partition coefficient (Wildman–Crippen LogP) is 2.01. The van der Waals surface area contributed by atoms with E-state index in [9.17, 15) is 0 Å². The van der Waals surface area contributed by atoms with Gasteiger partial charge in [0.05, 0.1) is 6.16 Å². The van der Waals surface area contributed by atoms with Crippen LogP contribution in [-0.2, 0) is 0 Å². The highest BCUT2D eigenvalue weighted by molar-refractivity contribution is 14.1. The standard InChI is InChI=1S/C27H36IN3P.HI/c1-29(2)22-8-14-25(15-9-22)32(21-7-20-28,26-16-10-23(11-17-26)30(3)4)27-18-12-24(13-19-27)31(5)6;/h8-19H,7,20-21H2,1-6H3;1H/q+1;/p-1. The summed E-state index contributed by atoms with van der Waals surface area (Å²) in [4.78, 5) is 6.52. The van der Waals surface area contributed by atoms with Gasteiger partial charge in [-0.2, -0.15) is 0 Å². The van der Waals surface area contributed by atoms with E-state index >= 15 is 0 Å². The molecular formula is C27H36I2N3P. The zero-order chi connectivity index (χ0) is 23.3. The van der Waals surface area contributed by atoms with Crippen LogP contribution in [0.2, 0.25) is 0 Å². The molecule has 3 aromatic rings. The molecule has 0 bridgehead atoms. The Hall–Kier alpha value is -1.05. The Morgan fingerprint density at radius 3 is 1.03 bits per heavy atom. The van der Waals surface area contributed by atoms with Crippen molar-refractivity contribution in [2.45, 2.75) is 6.42 Å². The van der Waals surface area contributed by atoms with Crippen molar-refractivity contribution in [2.24, 2.45) is 0 Å². The molecule has 3 aromatic carbocycles. The van der Waals surface area contributed by atoms with Crippen LogP contribution >= 0.6 is 29.9 Å². The highest BCUT2D eigenvalue weighted by Crippen LogP contribution is 2.56. The molecule has 0 saturated carbocycles. The molecule has 0 amide bonds. The minimum Gasteiger partial charge on any atom is -1.00 e. The lowest BCUT2D eigenvalue weighted by atomic mass is 10.3. The van der Waals surface area contributed by atoms with Gasteiger partial charge in [0, 0.05) is 63.8 Å². The van der Waals surface area contributed by atoms with Gasteiger partial charge >= 0.3 is 0 Å². The predicted molar refractivity (Wildman–Crippen MR) is 156 cm³/mol. The van der Waals surface area contributed by atoms with E-state index in [0.717, 1.165) is 0 Å². The van der Waals surface area contributed by atoms with Crippen LogP contribution in [0.3, 0.4) is 0 Å². The molecule has 0 unspecified atom stereocenters. The molecule has 178 valence electrons. The van der Waals surface area contributed by atoms with E-state index in [0.29, 0.717) is 0 Å². The van der Waals surface area contributed by atoms with Crippen molar-refractivity contribution in [1.82, 2.24) is 0 Å². The summed E-state index contributed by atoms with van der Waals surface area (Å²) in [5, 5.41) is 4.38. The van der Waals surface area contributed by atoms with Gasteiger partial charge in [0.15, 0.2) is 0 Å². The first-order valence-corrected chi connectivity index (χ1v) is 14.6. The number of benzene rings is 3. The topological polar surface area (TPSA) is 9.72 Å². The van der Waals surface area contributed by atoms with Crippen molar-refractivity contribution >= 4 is 62.8 Å². The number of alkyl halides is 1. The summed E-state index contributed by atoms with van der Waals surface area (Å²) in [6, 6.07) is 27.9. The van der Waals surface area contributed by atoms with Crippen molar-refractivity contribution in [1.29, 1.82) is 0 Å². The minimum atomic E-state index is -1.78. The highest BCUT2D eigenvalue weighted by Gasteiger charge is 2.44. The number of rotatable bonds is 9. The monoisotopic (exact) mass is 687 g/mol. The molecule has 0 radical (unpaired) electrons. The van der Waals surface area contributed by atoms with Crippen molar-refractivity contribution in [3.63, 3.8) is 0 Å². The van der Waals surface area contributed by atoms with Crippen LogP contribution in [0.4, 0.5) is 17.1 Å². The molecule has 0 N–H and O–H groups in total. The van der Waals surface area contributed by atoms with Crippen LogP contribution in [-0.4, -0.2) is 52.9 Å². The second-order valence-electron chi connectivity index (χ2n) is 8.81. The Balaban J connectivity index is 0.00000385. The molecule has 33 heavy (non-hydrogen) atoms. The summed E-state index contributed by atoms with van der Waals surface area (Å²) < 4.78 is 1.17. The largest absolute Gasteiger partial charge is 1.00 e. The Bertz CT molecular complexity index is 860. The third kappa shape index (κ3) is 6.34. The van der Waals surface area contributed by atoms with Gasteiger partial charge in [-0.15, -0.1) is 0 Å². The Morgan fingerprint density at radius 2 is 0.818 bits per heavy atom. The maximum absolute atomic E-state index is 2.53. The van der Waals surface area contributed by atoms with Gasteiger partial charge in [-0.1, -0.05) is 22.6 Å². The van der Waals surface area contributed by atoms with Gasteiger partial charge < -0.3 is 38.7 Å². The summed E-state index contributed by atoms with van der Waals surface area (Å²) in [5.74, 6) is 0. The average Bonchev–Trinajstić information content (AvgIpc) is 2.80. The molecule has 6 heteroatoms. The van der Waals surface area contributed by atoms with Gasteiger partial charge in [-0.25, -0.2) is 0 Å². The van der Waals surface area contributed by atoms with Gasteiger partial charge in [0.25, 0.3) is 0 Å². The van der Waals surface area contributed by atoms with Crippen molar-refractivity contribution < 1.29 is 24.0 Å². The fraction of sp³-hybridized carbons (Fsp3) is 0.333. The lowest BCUT2D eigenvalue weighted by Gasteiger charge is -2.29. The zero-order valence-corrected chi connectivity index (χ0v) is 25.8. The van der Waals surface area contributed by atoms with Crippen LogP contribution in [0.5, 0.6) is 0 Å². The van der Waals surface area contributed by atoms with Crippen molar-refractivity contribution in [3.8, 4) is 0 Å². The van der Waals surface area contributed by atoms with E-state index in [1.165, 1.54) is 50.0 Å². The third-order valence-corrected chi connectivity index (χ3v) is 11.3. The smallest absolute Gasteiger partial charge is 0.112 e. The molecule has 3 nitrogen and oxygen atoms in total. The molecule has 0 fully saturated rings. The van der Waals surface area contributed by atoms with Crippen LogP contribution in [0.25, 0.3) is 0 Å². The van der Waals surface area contributed by atoms with E-state index in [1.54, 1.807) is 0 Å². The first kappa shape index (κ1) is 28.2. The Labute approximate surface area is 232 Å². The molecule has 0 aliphatic carbocycles. The number of nitrogens with zero attached hydrogens (tertiary/aromatic N) is 3. The maximum atomic E-state index is 2.53. The maximum Gasteiger partial charge on any atom is 0.112 e. The van der Waals surface area contributed by atoms with Gasteiger partial charge in [-0.05, 0) is 79.2 Å². The van der Waals surface area contributed by atoms with E-state index < -0.39 is 7.26 Å². The molecule has 0 aliphatic heterocycles. The average molecular weight is 687 g/mol. The second-order valence-corrected chi connectivity index (χ2v) is 13.5. The Morgan fingerprint density at radius 1 is 0.545 bits per heavy atom. The second kappa shape index (κ2) is 12.6. The van der Waals surface area contributed by atoms with E-state index in [4.69, 9.17) is 0 Å². The van der Waals surface area contributed by atoms with E-state index in [1.807, 2.05) is 0 Å². The van der Waals surface area contributed by atoms with Crippen molar-refractivity contribution in [3.05, 3.63) is 72.8 Å². The van der Waals surface area contributed by atoms with Crippen LogP contribution in [0.15, 0.2) is 72.8 Å². The normalized spacial score (nSPS) is 11.0. The van der Waals surface area contributed by atoms with Crippen LogP contribution in [0.1, 0.15) is 6.42 Å². The molecule has 0 aliphatic rings. The fourth-order valence-corrected chi connectivity index (χ4v) is 9.41. The van der Waals surface area contributed by atoms with Gasteiger partial charge in [0.1, 0.15) is 23.2 Å². The fourth-order valence-electron chi connectivity index (χ4n) is 4.15. The quantitative estimate of drug-likeness (QED) is 0.194. The number of hydrogen-bond acceptors (Lipinski definition) is 3. The number of anilines is 3.